The van der Waals surface area contributed by atoms with Crippen LogP contribution in [0.15, 0.2) is 4.99 Å². The average Bonchev–Trinajstić information content (AvgIpc) is 2.20. The van der Waals surface area contributed by atoms with Crippen molar-refractivity contribution in [3.8, 4) is 0 Å². The molecule has 0 amide bonds. The molecule has 2 N–H and O–H groups in total. The van der Waals surface area contributed by atoms with E-state index in [0.717, 1.165) is 32.4 Å². The fourth-order valence-electron chi connectivity index (χ4n) is 1.06. The fraction of sp³-hybridized carbons (Fsp3) is 0.857. The van der Waals surface area contributed by atoms with Gasteiger partial charge in [0.15, 0.2) is 0 Å². The number of carbonyl (C=O) groups excluding carboxylic acids is 1. The van der Waals surface area contributed by atoms with Crippen LogP contribution < -0.4 is 5.73 Å². The first kappa shape index (κ1) is 21.6. The molecule has 0 unspecified atom stereocenters. The van der Waals surface area contributed by atoms with Crippen LogP contribution in [-0.2, 0) is 4.79 Å². The molecule has 0 fully saturated rings. The molecule has 0 spiro atoms. The molecule has 0 aliphatic carbocycles. The Morgan fingerprint density at radius 1 is 1.00 bits per heavy atom. The highest BCUT2D eigenvalue weighted by Gasteiger charge is 1.84. The summed E-state index contributed by atoms with van der Waals surface area (Å²) in [5.74, 6) is 0.289. The van der Waals surface area contributed by atoms with Gasteiger partial charge in [0.2, 0.25) is 0 Å². The standard InChI is InChI=1S/C7H15N.C5H10O.C2H7N/c1-4-6-7(3)8-5-2;1-3-4-5(2)6;1-2-3/h4-6H2,1-3H3;3-4H2,1-2H3;2-3H2,1H3. The Bertz CT molecular complexity index is 177. The highest BCUT2D eigenvalue weighted by molar-refractivity contribution is 5.81. The van der Waals surface area contributed by atoms with Gasteiger partial charge in [0, 0.05) is 18.7 Å². The Kier molecular flexibility index (Phi) is 26.2. The van der Waals surface area contributed by atoms with Gasteiger partial charge in [0.05, 0.1) is 0 Å². The Hall–Kier alpha value is -0.700. The van der Waals surface area contributed by atoms with Gasteiger partial charge in [-0.05, 0) is 40.2 Å². The van der Waals surface area contributed by atoms with Crippen LogP contribution in [0.5, 0.6) is 0 Å². The van der Waals surface area contributed by atoms with E-state index < -0.39 is 0 Å². The Morgan fingerprint density at radius 3 is 1.59 bits per heavy atom. The second-order valence-corrected chi connectivity index (χ2v) is 3.82. The molecule has 0 aromatic heterocycles. The van der Waals surface area contributed by atoms with Crippen molar-refractivity contribution in [2.75, 3.05) is 13.1 Å². The maximum absolute atomic E-state index is 10.0. The molecule has 0 saturated heterocycles. The van der Waals surface area contributed by atoms with Crippen LogP contribution in [0.25, 0.3) is 0 Å². The molecule has 3 heteroatoms. The number of Topliss-reactive ketones (excluding diaryl/α,β-unsaturated/α-hetero) is 1. The van der Waals surface area contributed by atoms with Crippen molar-refractivity contribution in [3.63, 3.8) is 0 Å². The lowest BCUT2D eigenvalue weighted by atomic mass is 10.2. The number of nitrogens with zero attached hydrogens (tertiary/aromatic N) is 1. The minimum Gasteiger partial charge on any atom is -0.331 e. The van der Waals surface area contributed by atoms with Crippen molar-refractivity contribution in [1.29, 1.82) is 0 Å². The summed E-state index contributed by atoms with van der Waals surface area (Å²) in [6.45, 7) is 13.5. The number of rotatable bonds is 5. The van der Waals surface area contributed by atoms with Crippen LogP contribution in [0.4, 0.5) is 0 Å². The lowest BCUT2D eigenvalue weighted by molar-refractivity contribution is -0.117. The number of ketones is 1. The number of hydrogen-bond donors (Lipinski definition) is 1. The predicted octanol–water partition coefficient (Wildman–Crippen LogP) is 3.61. The quantitative estimate of drug-likeness (QED) is 0.751. The molecule has 17 heavy (non-hydrogen) atoms. The first-order chi connectivity index (χ1) is 7.99. The molecule has 0 bridgehead atoms. The van der Waals surface area contributed by atoms with Crippen molar-refractivity contribution < 1.29 is 4.79 Å². The smallest absolute Gasteiger partial charge is 0.129 e. The van der Waals surface area contributed by atoms with E-state index in [-0.39, 0.29) is 5.78 Å². The van der Waals surface area contributed by atoms with Crippen molar-refractivity contribution in [1.82, 2.24) is 0 Å². The Labute approximate surface area is 108 Å². The first-order valence-electron chi connectivity index (χ1n) is 6.69. The van der Waals surface area contributed by atoms with E-state index in [4.69, 9.17) is 5.73 Å². The van der Waals surface area contributed by atoms with Gasteiger partial charge in [-0.3, -0.25) is 4.99 Å². The molecule has 0 aromatic carbocycles. The number of nitrogens with two attached hydrogens (primary N) is 1. The van der Waals surface area contributed by atoms with Gasteiger partial charge < -0.3 is 10.5 Å². The predicted molar refractivity (Wildman–Crippen MR) is 78.9 cm³/mol. The van der Waals surface area contributed by atoms with Gasteiger partial charge in [-0.1, -0.05) is 27.2 Å². The zero-order chi connectivity index (χ0) is 14.1. The Balaban J connectivity index is -0.000000193. The second-order valence-electron chi connectivity index (χ2n) is 3.82. The largest absolute Gasteiger partial charge is 0.331 e. The van der Waals surface area contributed by atoms with Gasteiger partial charge in [0.1, 0.15) is 5.78 Å². The molecule has 0 saturated carbocycles. The van der Waals surface area contributed by atoms with E-state index in [1.807, 2.05) is 13.8 Å². The van der Waals surface area contributed by atoms with Crippen LogP contribution in [0.1, 0.15) is 67.2 Å². The summed E-state index contributed by atoms with van der Waals surface area (Å²) in [7, 11) is 0. The zero-order valence-electron chi connectivity index (χ0n) is 12.7. The van der Waals surface area contributed by atoms with Crippen LogP contribution in [0.3, 0.4) is 0 Å². The van der Waals surface area contributed by atoms with Crippen molar-refractivity contribution >= 4 is 11.5 Å². The average molecular weight is 244 g/mol. The SMILES string of the molecule is CCCC(C)=NCC.CCCC(C)=O.CCN. The van der Waals surface area contributed by atoms with Crippen LogP contribution in [-0.4, -0.2) is 24.6 Å². The van der Waals surface area contributed by atoms with Gasteiger partial charge in [0.25, 0.3) is 0 Å². The molecule has 104 valence electrons. The van der Waals surface area contributed by atoms with E-state index >= 15 is 0 Å². The van der Waals surface area contributed by atoms with E-state index in [2.05, 4.69) is 25.8 Å². The summed E-state index contributed by atoms with van der Waals surface area (Å²) in [4.78, 5) is 14.3. The summed E-state index contributed by atoms with van der Waals surface area (Å²) < 4.78 is 0. The molecule has 0 rings (SSSR count). The first-order valence-corrected chi connectivity index (χ1v) is 6.69. The van der Waals surface area contributed by atoms with Crippen LogP contribution in [0.2, 0.25) is 0 Å². The van der Waals surface area contributed by atoms with Crippen LogP contribution in [0, 0.1) is 0 Å². The molecule has 0 aliphatic heterocycles. The van der Waals surface area contributed by atoms with Gasteiger partial charge in [-0.15, -0.1) is 0 Å². The van der Waals surface area contributed by atoms with E-state index in [0.29, 0.717) is 0 Å². The summed E-state index contributed by atoms with van der Waals surface area (Å²) >= 11 is 0. The number of hydrogen-bond acceptors (Lipinski definition) is 3. The molecule has 3 nitrogen and oxygen atoms in total. The van der Waals surface area contributed by atoms with E-state index in [1.54, 1.807) is 6.92 Å². The minimum absolute atomic E-state index is 0.289. The summed E-state index contributed by atoms with van der Waals surface area (Å²) in [6, 6.07) is 0. The highest BCUT2D eigenvalue weighted by atomic mass is 16.1. The van der Waals surface area contributed by atoms with Crippen molar-refractivity contribution in [2.24, 2.45) is 10.7 Å². The molecule has 0 radical (unpaired) electrons. The maximum atomic E-state index is 10.0. The van der Waals surface area contributed by atoms with Crippen molar-refractivity contribution in [2.45, 2.75) is 67.2 Å². The van der Waals surface area contributed by atoms with Gasteiger partial charge >= 0.3 is 0 Å². The third kappa shape index (κ3) is 39.3. The Morgan fingerprint density at radius 2 is 1.41 bits per heavy atom. The normalized spacial score (nSPS) is 9.71. The van der Waals surface area contributed by atoms with E-state index in [9.17, 15) is 4.79 Å². The third-order valence-corrected chi connectivity index (χ3v) is 1.64. The third-order valence-electron chi connectivity index (χ3n) is 1.64. The fourth-order valence-corrected chi connectivity index (χ4v) is 1.06. The number of aliphatic imine (C=N–C) groups is 1. The van der Waals surface area contributed by atoms with Gasteiger partial charge in [-0.25, -0.2) is 0 Å². The zero-order valence-corrected chi connectivity index (χ0v) is 12.7. The molecular formula is C14H32N2O. The van der Waals surface area contributed by atoms with Gasteiger partial charge in [-0.2, -0.15) is 0 Å². The van der Waals surface area contributed by atoms with E-state index in [1.165, 1.54) is 12.1 Å². The molecule has 0 aliphatic rings. The molecular weight excluding hydrogens is 212 g/mol. The second kappa shape index (κ2) is 20.7. The maximum Gasteiger partial charge on any atom is 0.129 e. The highest BCUT2D eigenvalue weighted by Crippen LogP contribution is 1.89. The summed E-state index contributed by atoms with van der Waals surface area (Å²) in [6.07, 6.45) is 4.10. The molecule has 0 heterocycles. The summed E-state index contributed by atoms with van der Waals surface area (Å²) in [5.41, 5.74) is 6.13. The lowest BCUT2D eigenvalue weighted by Crippen LogP contribution is -1.89. The number of carbonyl (C=O) groups is 1. The van der Waals surface area contributed by atoms with Crippen molar-refractivity contribution in [3.05, 3.63) is 0 Å². The monoisotopic (exact) mass is 244 g/mol. The minimum atomic E-state index is 0.289. The summed E-state index contributed by atoms with van der Waals surface area (Å²) in [5, 5.41) is 0. The van der Waals surface area contributed by atoms with Crippen LogP contribution >= 0.6 is 0 Å². The topological polar surface area (TPSA) is 55.5 Å². The molecule has 0 atom stereocenters. The lowest BCUT2D eigenvalue weighted by Gasteiger charge is -1.92. The molecule has 0 aromatic rings.